The molecule has 0 radical (unpaired) electrons. The first kappa shape index (κ1) is 14.0. The van der Waals surface area contributed by atoms with Crippen LogP contribution in [0.3, 0.4) is 0 Å². The van der Waals surface area contributed by atoms with E-state index in [4.69, 9.17) is 11.0 Å². The van der Waals surface area contributed by atoms with E-state index in [1.165, 1.54) is 0 Å². The van der Waals surface area contributed by atoms with Crippen LogP contribution in [0.4, 0.5) is 5.69 Å². The molecule has 0 heterocycles. The van der Waals surface area contributed by atoms with Gasteiger partial charge in [0.2, 0.25) is 5.91 Å². The zero-order valence-corrected chi connectivity index (χ0v) is 12.1. The molecule has 19 heavy (non-hydrogen) atoms. The first-order valence-electron chi connectivity index (χ1n) is 6.29. The first-order valence-corrected chi connectivity index (χ1v) is 7.08. The number of halogens is 1. The number of hydrogen-bond acceptors (Lipinski definition) is 3. The summed E-state index contributed by atoms with van der Waals surface area (Å²) in [5.41, 5.74) is 5.94. The second-order valence-corrected chi connectivity index (χ2v) is 5.95. The largest absolute Gasteiger partial charge is 0.326 e. The van der Waals surface area contributed by atoms with Crippen molar-refractivity contribution in [1.82, 2.24) is 0 Å². The third-order valence-corrected chi connectivity index (χ3v) is 4.11. The number of benzene rings is 1. The van der Waals surface area contributed by atoms with Gasteiger partial charge in [0.25, 0.3) is 0 Å². The van der Waals surface area contributed by atoms with Gasteiger partial charge in [0.05, 0.1) is 6.07 Å². The molecular formula is C14H16BrN3O. The number of carbonyl (C=O) groups is 1. The minimum atomic E-state index is -0.742. The maximum atomic E-state index is 12.1. The number of nitriles is 1. The smallest absolute Gasteiger partial charge is 0.227 e. The van der Waals surface area contributed by atoms with Gasteiger partial charge in [-0.25, -0.2) is 0 Å². The maximum absolute atomic E-state index is 12.1. The summed E-state index contributed by atoms with van der Waals surface area (Å²) >= 11 is 3.35. The molecule has 3 N–H and O–H groups in total. The van der Waals surface area contributed by atoms with Crippen LogP contribution in [0.15, 0.2) is 28.7 Å². The van der Waals surface area contributed by atoms with Crippen LogP contribution in [-0.4, -0.2) is 11.4 Å². The Kier molecular flexibility index (Phi) is 4.23. The van der Waals surface area contributed by atoms with Crippen molar-refractivity contribution in [3.63, 3.8) is 0 Å². The number of rotatable bonds is 2. The van der Waals surface area contributed by atoms with Crippen molar-refractivity contribution in [3.8, 4) is 6.07 Å². The maximum Gasteiger partial charge on any atom is 0.227 e. The Labute approximate surface area is 121 Å². The van der Waals surface area contributed by atoms with E-state index in [1.54, 1.807) is 0 Å². The van der Waals surface area contributed by atoms with Crippen LogP contribution >= 0.6 is 15.9 Å². The SMILES string of the molecule is N#CC1(N)CCC(C(=O)Nc2ccc(Br)cc2)CC1. The highest BCUT2D eigenvalue weighted by atomic mass is 79.9. The number of nitrogens with zero attached hydrogens (tertiary/aromatic N) is 1. The molecule has 0 aliphatic heterocycles. The third kappa shape index (κ3) is 3.55. The summed E-state index contributed by atoms with van der Waals surface area (Å²) in [6.45, 7) is 0. The van der Waals surface area contributed by atoms with E-state index in [0.717, 1.165) is 10.2 Å². The minimum Gasteiger partial charge on any atom is -0.326 e. The van der Waals surface area contributed by atoms with Crippen LogP contribution in [0.2, 0.25) is 0 Å². The number of anilines is 1. The highest BCUT2D eigenvalue weighted by Crippen LogP contribution is 2.30. The van der Waals surface area contributed by atoms with Gasteiger partial charge < -0.3 is 11.1 Å². The molecule has 5 heteroatoms. The molecule has 0 aromatic heterocycles. The number of nitrogens with one attached hydrogen (secondary N) is 1. The van der Waals surface area contributed by atoms with E-state index in [1.807, 2.05) is 24.3 Å². The van der Waals surface area contributed by atoms with Crippen molar-refractivity contribution in [2.24, 2.45) is 11.7 Å². The molecule has 0 unspecified atom stereocenters. The van der Waals surface area contributed by atoms with Crippen molar-refractivity contribution < 1.29 is 4.79 Å². The van der Waals surface area contributed by atoms with Gasteiger partial charge in [-0.05, 0) is 49.9 Å². The molecule has 1 aliphatic carbocycles. The molecule has 4 nitrogen and oxygen atoms in total. The molecule has 100 valence electrons. The molecule has 1 aliphatic rings. The van der Waals surface area contributed by atoms with Crippen LogP contribution in [0, 0.1) is 17.2 Å². The molecule has 0 saturated heterocycles. The fourth-order valence-electron chi connectivity index (χ4n) is 2.28. The Morgan fingerprint density at radius 3 is 2.47 bits per heavy atom. The minimum absolute atomic E-state index is 0.0160. The predicted molar refractivity (Wildman–Crippen MR) is 77.3 cm³/mol. The van der Waals surface area contributed by atoms with E-state index in [0.29, 0.717) is 25.7 Å². The summed E-state index contributed by atoms with van der Waals surface area (Å²) in [6, 6.07) is 9.62. The van der Waals surface area contributed by atoms with Crippen LogP contribution in [-0.2, 0) is 4.79 Å². The van der Waals surface area contributed by atoms with Crippen molar-refractivity contribution in [3.05, 3.63) is 28.7 Å². The van der Waals surface area contributed by atoms with Gasteiger partial charge >= 0.3 is 0 Å². The van der Waals surface area contributed by atoms with Gasteiger partial charge in [-0.1, -0.05) is 15.9 Å². The molecule has 2 rings (SSSR count). The average molecular weight is 322 g/mol. The summed E-state index contributed by atoms with van der Waals surface area (Å²) in [5.74, 6) is -0.0315. The Morgan fingerprint density at radius 2 is 1.95 bits per heavy atom. The van der Waals surface area contributed by atoms with Gasteiger partial charge in [0, 0.05) is 16.1 Å². The van der Waals surface area contributed by atoms with Crippen LogP contribution < -0.4 is 11.1 Å². The predicted octanol–water partition coefficient (Wildman–Crippen LogP) is 2.80. The topological polar surface area (TPSA) is 78.9 Å². The summed E-state index contributed by atoms with van der Waals surface area (Å²) in [7, 11) is 0. The number of hydrogen-bond donors (Lipinski definition) is 2. The lowest BCUT2D eigenvalue weighted by molar-refractivity contribution is -0.120. The zero-order valence-electron chi connectivity index (χ0n) is 10.5. The monoisotopic (exact) mass is 321 g/mol. The molecule has 1 aromatic carbocycles. The quantitative estimate of drug-likeness (QED) is 0.879. The molecule has 1 amide bonds. The van der Waals surface area contributed by atoms with Gasteiger partial charge in [0.15, 0.2) is 0 Å². The Balaban J connectivity index is 1.92. The Hall–Kier alpha value is -1.38. The fourth-order valence-corrected chi connectivity index (χ4v) is 2.55. The van der Waals surface area contributed by atoms with E-state index in [9.17, 15) is 4.79 Å². The second-order valence-electron chi connectivity index (χ2n) is 5.04. The fraction of sp³-hybridized carbons (Fsp3) is 0.429. The molecule has 0 atom stereocenters. The first-order chi connectivity index (χ1) is 9.02. The molecule has 1 fully saturated rings. The lowest BCUT2D eigenvalue weighted by Crippen LogP contribution is -2.43. The Morgan fingerprint density at radius 1 is 1.37 bits per heavy atom. The summed E-state index contributed by atoms with van der Waals surface area (Å²) in [4.78, 5) is 12.1. The average Bonchev–Trinajstić information content (AvgIpc) is 2.42. The summed E-state index contributed by atoms with van der Waals surface area (Å²) < 4.78 is 0.977. The van der Waals surface area contributed by atoms with Crippen LogP contribution in [0.1, 0.15) is 25.7 Å². The lowest BCUT2D eigenvalue weighted by atomic mass is 9.77. The highest BCUT2D eigenvalue weighted by molar-refractivity contribution is 9.10. The second kappa shape index (κ2) is 5.72. The lowest BCUT2D eigenvalue weighted by Gasteiger charge is -2.30. The Bertz CT molecular complexity index is 498. The van der Waals surface area contributed by atoms with E-state index in [-0.39, 0.29) is 11.8 Å². The molecule has 1 saturated carbocycles. The van der Waals surface area contributed by atoms with Crippen molar-refractivity contribution in [2.45, 2.75) is 31.2 Å². The number of nitrogens with two attached hydrogens (primary N) is 1. The molecular weight excluding hydrogens is 306 g/mol. The van der Waals surface area contributed by atoms with Crippen molar-refractivity contribution >= 4 is 27.5 Å². The van der Waals surface area contributed by atoms with Gasteiger partial charge in [-0.15, -0.1) is 0 Å². The van der Waals surface area contributed by atoms with E-state index >= 15 is 0 Å². The van der Waals surface area contributed by atoms with Gasteiger partial charge in [-0.2, -0.15) is 5.26 Å². The summed E-state index contributed by atoms with van der Waals surface area (Å²) in [5, 5.41) is 11.9. The van der Waals surface area contributed by atoms with E-state index < -0.39 is 5.54 Å². The standard InChI is InChI=1S/C14H16BrN3O/c15-11-1-3-12(4-2-11)18-13(19)10-5-7-14(17,9-16)8-6-10/h1-4,10H,5-8,17H2,(H,18,19). The third-order valence-electron chi connectivity index (χ3n) is 3.58. The normalized spacial score (nSPS) is 26.5. The van der Waals surface area contributed by atoms with Crippen molar-refractivity contribution in [2.75, 3.05) is 5.32 Å². The molecule has 0 bridgehead atoms. The van der Waals surface area contributed by atoms with Crippen molar-refractivity contribution in [1.29, 1.82) is 5.26 Å². The number of amides is 1. The van der Waals surface area contributed by atoms with Crippen LogP contribution in [0.25, 0.3) is 0 Å². The van der Waals surface area contributed by atoms with Gasteiger partial charge in [-0.3, -0.25) is 4.79 Å². The van der Waals surface area contributed by atoms with E-state index in [2.05, 4.69) is 27.3 Å². The number of carbonyl (C=O) groups excluding carboxylic acids is 1. The molecule has 1 aromatic rings. The zero-order chi connectivity index (χ0) is 13.9. The summed E-state index contributed by atoms with van der Waals surface area (Å²) in [6.07, 6.45) is 2.52. The highest BCUT2D eigenvalue weighted by Gasteiger charge is 2.34. The van der Waals surface area contributed by atoms with Crippen LogP contribution in [0.5, 0.6) is 0 Å². The van der Waals surface area contributed by atoms with Gasteiger partial charge in [0.1, 0.15) is 5.54 Å². The molecule has 0 spiro atoms.